The highest BCUT2D eigenvalue weighted by Crippen LogP contribution is 1.81. The van der Waals surface area contributed by atoms with E-state index in [-0.39, 0.29) is 0 Å². The minimum Gasteiger partial charge on any atom is -0.348 e. The quantitative estimate of drug-likeness (QED) is 0.538. The number of carbonyl (C=O) groups is 2. The van der Waals surface area contributed by atoms with Crippen molar-refractivity contribution in [2.24, 2.45) is 27.6 Å². The van der Waals surface area contributed by atoms with Crippen molar-refractivity contribution in [2.75, 3.05) is 0 Å². The maximum atomic E-state index is 9.66. The third-order valence-corrected chi connectivity index (χ3v) is 0.247. The van der Waals surface area contributed by atoms with E-state index in [4.69, 9.17) is 0 Å². The van der Waals surface area contributed by atoms with Crippen LogP contribution in [0.4, 0.5) is 9.59 Å². The minimum absolute atomic E-state index is 0.833. The third kappa shape index (κ3) is 38.7. The molecular formula is C6H14N4O2. The van der Waals surface area contributed by atoms with Gasteiger partial charge in [-0.3, -0.25) is 0 Å². The van der Waals surface area contributed by atoms with Crippen molar-refractivity contribution in [1.82, 2.24) is 0 Å². The Bertz CT molecular complexity index is 158. The van der Waals surface area contributed by atoms with E-state index in [9.17, 15) is 9.59 Å². The van der Waals surface area contributed by atoms with Gasteiger partial charge in [0.2, 0.25) is 0 Å². The van der Waals surface area contributed by atoms with Crippen molar-refractivity contribution in [3.05, 3.63) is 0 Å². The Labute approximate surface area is 71.0 Å². The second kappa shape index (κ2) is 7.64. The van der Waals surface area contributed by atoms with Gasteiger partial charge in [0.1, 0.15) is 0 Å². The molecule has 0 heterocycles. The molecule has 0 atom stereocenters. The molecule has 6 heteroatoms. The zero-order valence-electron chi connectivity index (χ0n) is 7.44. The highest BCUT2D eigenvalue weighted by Gasteiger charge is 1.86. The summed E-state index contributed by atoms with van der Waals surface area (Å²) in [4.78, 5) is 19.3. The molecular weight excluding hydrogens is 160 g/mol. The van der Waals surface area contributed by atoms with Crippen LogP contribution in [0.5, 0.6) is 0 Å². The number of primary amides is 2. The molecule has 70 valence electrons. The van der Waals surface area contributed by atoms with E-state index < -0.39 is 12.1 Å². The lowest BCUT2D eigenvalue weighted by molar-refractivity contribution is 0.249. The molecule has 4 amide bonds. The number of nitrogens with zero attached hydrogens (tertiary/aromatic N) is 2. The van der Waals surface area contributed by atoms with Gasteiger partial charge in [-0.25, -0.2) is 9.59 Å². The third-order valence-electron chi connectivity index (χ3n) is 0.247. The molecule has 0 bridgehead atoms. The van der Waals surface area contributed by atoms with Crippen molar-refractivity contribution in [2.45, 2.75) is 20.8 Å². The standard InChI is InChI=1S/C4H10.C2H4N4O2/c1-4(2)3;3-1(7)5-6-2(4)8/h4H,1-3H3;(H2,3,7)(H2,4,8)/b;6-5+. The number of rotatable bonds is 0. The van der Waals surface area contributed by atoms with Crippen molar-refractivity contribution in [3.8, 4) is 0 Å². The van der Waals surface area contributed by atoms with Gasteiger partial charge in [0.25, 0.3) is 0 Å². The van der Waals surface area contributed by atoms with Gasteiger partial charge < -0.3 is 11.5 Å². The molecule has 0 saturated carbocycles. The van der Waals surface area contributed by atoms with Crippen LogP contribution in [0.1, 0.15) is 20.8 Å². The van der Waals surface area contributed by atoms with E-state index >= 15 is 0 Å². The molecule has 0 aliphatic rings. The molecule has 0 fully saturated rings. The van der Waals surface area contributed by atoms with Crippen LogP contribution < -0.4 is 11.5 Å². The summed E-state index contributed by atoms with van der Waals surface area (Å²) in [7, 11) is 0. The van der Waals surface area contributed by atoms with E-state index in [2.05, 4.69) is 42.5 Å². The topological polar surface area (TPSA) is 111 Å². The van der Waals surface area contributed by atoms with Crippen LogP contribution in [0.15, 0.2) is 10.2 Å². The van der Waals surface area contributed by atoms with Crippen molar-refractivity contribution in [1.29, 1.82) is 0 Å². The van der Waals surface area contributed by atoms with Crippen molar-refractivity contribution < 1.29 is 9.59 Å². The van der Waals surface area contributed by atoms with E-state index in [1.165, 1.54) is 0 Å². The molecule has 0 aromatic carbocycles. The van der Waals surface area contributed by atoms with Gasteiger partial charge in [-0.15, -0.1) is 0 Å². The monoisotopic (exact) mass is 174 g/mol. The number of urea groups is 2. The minimum atomic E-state index is -1.04. The Kier molecular flexibility index (Phi) is 8.38. The van der Waals surface area contributed by atoms with Crippen LogP contribution in [0, 0.1) is 5.92 Å². The first-order chi connectivity index (χ1) is 5.36. The van der Waals surface area contributed by atoms with Crippen LogP contribution in [-0.4, -0.2) is 12.1 Å². The number of amides is 4. The Balaban J connectivity index is 0. The summed E-state index contributed by atoms with van der Waals surface area (Å²) in [6, 6.07) is -2.08. The van der Waals surface area contributed by atoms with Gasteiger partial charge in [-0.2, -0.15) is 0 Å². The molecule has 0 rings (SSSR count). The molecule has 0 radical (unpaired) electrons. The molecule has 0 unspecified atom stereocenters. The maximum absolute atomic E-state index is 9.66. The van der Waals surface area contributed by atoms with E-state index in [1.54, 1.807) is 0 Å². The molecule has 0 aromatic rings. The van der Waals surface area contributed by atoms with E-state index in [1.807, 2.05) is 0 Å². The molecule has 0 aliphatic heterocycles. The number of carbonyl (C=O) groups excluding carboxylic acids is 2. The van der Waals surface area contributed by atoms with Gasteiger partial charge in [0.05, 0.1) is 0 Å². The molecule has 6 nitrogen and oxygen atoms in total. The van der Waals surface area contributed by atoms with E-state index in [0.29, 0.717) is 0 Å². The average Bonchev–Trinajstić information content (AvgIpc) is 1.82. The molecule has 0 aliphatic carbocycles. The lowest BCUT2D eigenvalue weighted by Gasteiger charge is -1.79. The zero-order valence-corrected chi connectivity index (χ0v) is 7.44. The number of hydrogen-bond donors (Lipinski definition) is 2. The van der Waals surface area contributed by atoms with Gasteiger partial charge in [0, 0.05) is 0 Å². The maximum Gasteiger partial charge on any atom is 0.357 e. The molecule has 12 heavy (non-hydrogen) atoms. The number of nitrogens with two attached hydrogens (primary N) is 2. The first-order valence-electron chi connectivity index (χ1n) is 3.36. The Morgan fingerprint density at radius 1 is 1.00 bits per heavy atom. The SMILES string of the molecule is CC(C)C.NC(=O)/N=N/C(N)=O. The highest BCUT2D eigenvalue weighted by atomic mass is 16.2. The zero-order chi connectivity index (χ0) is 10.1. The van der Waals surface area contributed by atoms with Gasteiger partial charge in [0.15, 0.2) is 0 Å². The highest BCUT2D eigenvalue weighted by molar-refractivity contribution is 5.77. The summed E-state index contributed by atoms with van der Waals surface area (Å²) in [5, 5.41) is 5.23. The fourth-order valence-electron chi connectivity index (χ4n) is 0.0986. The number of hydrogen-bond acceptors (Lipinski definition) is 2. The normalized spacial score (nSPS) is 9.33. The summed E-state index contributed by atoms with van der Waals surface area (Å²) in [5.41, 5.74) is 8.87. The van der Waals surface area contributed by atoms with Crippen molar-refractivity contribution in [3.63, 3.8) is 0 Å². The van der Waals surface area contributed by atoms with Crippen LogP contribution >= 0.6 is 0 Å². The second-order valence-corrected chi connectivity index (χ2v) is 2.61. The summed E-state index contributed by atoms with van der Waals surface area (Å²) < 4.78 is 0. The molecule has 0 aromatic heterocycles. The largest absolute Gasteiger partial charge is 0.357 e. The van der Waals surface area contributed by atoms with Crippen LogP contribution in [0.2, 0.25) is 0 Å². The van der Waals surface area contributed by atoms with Gasteiger partial charge in [-0.1, -0.05) is 31.0 Å². The second-order valence-electron chi connectivity index (χ2n) is 2.61. The Morgan fingerprint density at radius 3 is 1.25 bits per heavy atom. The molecule has 0 spiro atoms. The van der Waals surface area contributed by atoms with Gasteiger partial charge in [-0.05, 0) is 5.92 Å². The summed E-state index contributed by atoms with van der Waals surface area (Å²) >= 11 is 0. The number of azo groups is 1. The van der Waals surface area contributed by atoms with E-state index in [0.717, 1.165) is 5.92 Å². The first-order valence-corrected chi connectivity index (χ1v) is 3.36. The Hall–Kier alpha value is -1.46. The van der Waals surface area contributed by atoms with Crippen LogP contribution in [0.3, 0.4) is 0 Å². The van der Waals surface area contributed by atoms with Crippen LogP contribution in [0.25, 0.3) is 0 Å². The fourth-order valence-corrected chi connectivity index (χ4v) is 0.0986. The van der Waals surface area contributed by atoms with Crippen molar-refractivity contribution >= 4 is 12.1 Å². The summed E-state index contributed by atoms with van der Waals surface area (Å²) in [6.07, 6.45) is 0. The molecule has 4 N–H and O–H groups in total. The first kappa shape index (κ1) is 13.2. The summed E-state index contributed by atoms with van der Waals surface area (Å²) in [5.74, 6) is 0.833. The van der Waals surface area contributed by atoms with Crippen LogP contribution in [-0.2, 0) is 0 Å². The average molecular weight is 174 g/mol. The summed E-state index contributed by atoms with van der Waals surface area (Å²) in [6.45, 7) is 6.50. The lowest BCUT2D eigenvalue weighted by Crippen LogP contribution is -2.07. The smallest absolute Gasteiger partial charge is 0.348 e. The Morgan fingerprint density at radius 2 is 1.17 bits per heavy atom. The fraction of sp³-hybridized carbons (Fsp3) is 0.667. The predicted molar refractivity (Wildman–Crippen MR) is 44.5 cm³/mol. The lowest BCUT2D eigenvalue weighted by atomic mass is 10.3. The predicted octanol–water partition coefficient (Wildman–Crippen LogP) is 1.26. The van der Waals surface area contributed by atoms with Gasteiger partial charge >= 0.3 is 12.1 Å². The molecule has 0 saturated heterocycles.